The van der Waals surface area contributed by atoms with Crippen molar-refractivity contribution in [2.45, 2.75) is 63.9 Å². The van der Waals surface area contributed by atoms with Gasteiger partial charge in [0.2, 0.25) is 11.8 Å². The summed E-state index contributed by atoms with van der Waals surface area (Å²) < 4.78 is 34.2. The summed E-state index contributed by atoms with van der Waals surface area (Å²) in [4.78, 5) is 29.0. The highest BCUT2D eigenvalue weighted by Gasteiger charge is 2.33. The first-order valence-corrected chi connectivity index (χ1v) is 15.4. The second-order valence-electron chi connectivity index (χ2n) is 10.1. The summed E-state index contributed by atoms with van der Waals surface area (Å²) in [6.07, 6.45) is 1.66. The summed E-state index contributed by atoms with van der Waals surface area (Å²) in [5.74, 6) is -0.181. The van der Waals surface area contributed by atoms with E-state index in [1.807, 2.05) is 58.0 Å². The van der Waals surface area contributed by atoms with Gasteiger partial charge in [0.05, 0.1) is 17.7 Å². The molecule has 2 amide bonds. The van der Waals surface area contributed by atoms with Crippen LogP contribution in [0.4, 0.5) is 5.69 Å². The number of sulfonamides is 1. The van der Waals surface area contributed by atoms with E-state index in [0.29, 0.717) is 24.3 Å². The quantitative estimate of drug-likeness (QED) is 0.291. The highest BCUT2D eigenvalue weighted by molar-refractivity contribution is 7.92. The Balaban J connectivity index is 2.00. The maximum absolute atomic E-state index is 14.1. The Morgan fingerprint density at radius 2 is 1.54 bits per heavy atom. The fourth-order valence-electron chi connectivity index (χ4n) is 4.45. The number of hydrogen-bond acceptors (Lipinski definition) is 5. The molecule has 0 radical (unpaired) electrons. The first-order valence-electron chi connectivity index (χ1n) is 14.0. The van der Waals surface area contributed by atoms with Gasteiger partial charge in [-0.25, -0.2) is 8.42 Å². The standard InChI is InChI=1S/C32H41N3O5S/c1-6-25(4)33-32(37)30(7-2)34(22-21-26-11-9-8-10-12-26)31(36)23-35(27-15-13-24(3)14-16-27)41(38,39)29-19-17-28(40-5)18-20-29/h8-20,25,30H,6-7,21-23H2,1-5H3,(H,33,37)/t25-,30+/m0/s1. The number of carbonyl (C=O) groups excluding carboxylic acids is 2. The van der Waals surface area contributed by atoms with Gasteiger partial charge in [0, 0.05) is 12.6 Å². The number of aryl methyl sites for hydroxylation is 1. The molecule has 0 heterocycles. The number of carbonyl (C=O) groups is 2. The van der Waals surface area contributed by atoms with Crippen molar-refractivity contribution in [1.82, 2.24) is 10.2 Å². The van der Waals surface area contributed by atoms with Crippen molar-refractivity contribution in [3.8, 4) is 5.75 Å². The van der Waals surface area contributed by atoms with E-state index >= 15 is 0 Å². The molecule has 220 valence electrons. The number of nitrogens with zero attached hydrogens (tertiary/aromatic N) is 2. The molecule has 3 aromatic carbocycles. The number of methoxy groups -OCH3 is 1. The monoisotopic (exact) mass is 579 g/mol. The molecule has 0 aliphatic rings. The normalized spacial score (nSPS) is 12.7. The number of anilines is 1. The van der Waals surface area contributed by atoms with Crippen molar-refractivity contribution in [3.05, 3.63) is 90.0 Å². The fourth-order valence-corrected chi connectivity index (χ4v) is 5.87. The third-order valence-corrected chi connectivity index (χ3v) is 8.91. The van der Waals surface area contributed by atoms with Crippen molar-refractivity contribution < 1.29 is 22.7 Å². The summed E-state index contributed by atoms with van der Waals surface area (Å²) in [5, 5.41) is 3.00. The lowest BCUT2D eigenvalue weighted by atomic mass is 10.1. The van der Waals surface area contributed by atoms with E-state index in [0.717, 1.165) is 21.9 Å². The molecular weight excluding hydrogens is 538 g/mol. The van der Waals surface area contributed by atoms with Crippen LogP contribution >= 0.6 is 0 Å². The van der Waals surface area contributed by atoms with Gasteiger partial charge in [-0.1, -0.05) is 61.9 Å². The Labute approximate surface area is 244 Å². The summed E-state index contributed by atoms with van der Waals surface area (Å²) in [5.41, 5.74) is 2.34. The lowest BCUT2D eigenvalue weighted by Gasteiger charge is -2.33. The fraction of sp³-hybridized carbons (Fsp3) is 0.375. The zero-order valence-corrected chi connectivity index (χ0v) is 25.4. The lowest BCUT2D eigenvalue weighted by molar-refractivity contribution is -0.139. The van der Waals surface area contributed by atoms with E-state index in [2.05, 4.69) is 5.32 Å². The minimum Gasteiger partial charge on any atom is -0.497 e. The largest absolute Gasteiger partial charge is 0.497 e. The predicted molar refractivity (Wildman–Crippen MR) is 163 cm³/mol. The van der Waals surface area contributed by atoms with Gasteiger partial charge in [-0.15, -0.1) is 0 Å². The van der Waals surface area contributed by atoms with Crippen molar-refractivity contribution in [2.75, 3.05) is 24.5 Å². The number of rotatable bonds is 14. The molecule has 2 atom stereocenters. The maximum atomic E-state index is 14.1. The Bertz CT molecular complexity index is 1380. The van der Waals surface area contributed by atoms with Crippen molar-refractivity contribution in [2.24, 2.45) is 0 Å². The number of nitrogens with one attached hydrogen (secondary N) is 1. The van der Waals surface area contributed by atoms with Crippen molar-refractivity contribution >= 4 is 27.5 Å². The highest BCUT2D eigenvalue weighted by Crippen LogP contribution is 2.26. The molecule has 1 N–H and O–H groups in total. The minimum absolute atomic E-state index is 0.0315. The maximum Gasteiger partial charge on any atom is 0.264 e. The first kappa shape index (κ1) is 31.7. The summed E-state index contributed by atoms with van der Waals surface area (Å²) in [7, 11) is -2.63. The molecule has 0 saturated heterocycles. The van der Waals surface area contributed by atoms with Gasteiger partial charge in [0.15, 0.2) is 0 Å². The van der Waals surface area contributed by atoms with E-state index in [9.17, 15) is 18.0 Å². The number of benzene rings is 3. The van der Waals surface area contributed by atoms with Crippen LogP contribution in [-0.2, 0) is 26.0 Å². The summed E-state index contributed by atoms with van der Waals surface area (Å²) in [6.45, 7) is 7.47. The van der Waals surface area contributed by atoms with Gasteiger partial charge < -0.3 is 15.0 Å². The molecule has 0 aliphatic heterocycles. The smallest absolute Gasteiger partial charge is 0.264 e. The third-order valence-electron chi connectivity index (χ3n) is 7.12. The Kier molecular flexibility index (Phi) is 11.3. The molecule has 0 saturated carbocycles. The highest BCUT2D eigenvalue weighted by atomic mass is 32.2. The Hall–Kier alpha value is -3.85. The molecule has 9 heteroatoms. The van der Waals surface area contributed by atoms with Crippen LogP contribution in [0, 0.1) is 6.92 Å². The molecule has 8 nitrogen and oxygen atoms in total. The van der Waals surface area contributed by atoms with Crippen molar-refractivity contribution in [1.29, 1.82) is 0 Å². The van der Waals surface area contributed by atoms with E-state index in [1.54, 1.807) is 36.4 Å². The van der Waals surface area contributed by atoms with Gasteiger partial charge in [-0.05, 0) is 75.1 Å². The van der Waals surface area contributed by atoms with E-state index in [4.69, 9.17) is 4.74 Å². The van der Waals surface area contributed by atoms with E-state index in [-0.39, 0.29) is 23.4 Å². The zero-order chi connectivity index (χ0) is 30.0. The lowest BCUT2D eigenvalue weighted by Crippen LogP contribution is -2.54. The van der Waals surface area contributed by atoms with Gasteiger partial charge in [-0.2, -0.15) is 0 Å². The molecule has 0 aromatic heterocycles. The molecule has 3 rings (SSSR count). The number of amides is 2. The molecule has 41 heavy (non-hydrogen) atoms. The predicted octanol–water partition coefficient (Wildman–Crippen LogP) is 4.96. The SMILES string of the molecule is CC[C@H](C(=O)N[C@@H](C)CC)N(CCc1ccccc1)C(=O)CN(c1ccc(C)cc1)S(=O)(=O)c1ccc(OC)cc1. The van der Waals surface area contributed by atoms with Crippen molar-refractivity contribution in [3.63, 3.8) is 0 Å². The third kappa shape index (κ3) is 8.33. The average molecular weight is 580 g/mol. The molecule has 0 spiro atoms. The van der Waals surface area contributed by atoms with Crippen LogP contribution in [0.5, 0.6) is 5.75 Å². The molecule has 3 aromatic rings. The minimum atomic E-state index is -4.13. The molecule has 0 fully saturated rings. The zero-order valence-electron chi connectivity index (χ0n) is 24.5. The van der Waals surface area contributed by atoms with Crippen LogP contribution in [0.25, 0.3) is 0 Å². The summed E-state index contributed by atoms with van der Waals surface area (Å²) >= 11 is 0. The molecule has 0 bridgehead atoms. The molecule has 0 unspecified atom stereocenters. The summed E-state index contributed by atoms with van der Waals surface area (Å²) in [6, 6.07) is 21.9. The topological polar surface area (TPSA) is 96.0 Å². The van der Waals surface area contributed by atoms with E-state index in [1.165, 1.54) is 24.1 Å². The van der Waals surface area contributed by atoms with Crippen LogP contribution in [0.15, 0.2) is 83.8 Å². The first-order chi connectivity index (χ1) is 19.6. The molecular formula is C32H41N3O5S. The number of hydrogen-bond donors (Lipinski definition) is 1. The van der Waals surface area contributed by atoms with Crippen LogP contribution in [0.3, 0.4) is 0 Å². The van der Waals surface area contributed by atoms with Gasteiger partial charge in [-0.3, -0.25) is 13.9 Å². The van der Waals surface area contributed by atoms with Gasteiger partial charge >= 0.3 is 0 Å². The van der Waals surface area contributed by atoms with E-state index < -0.39 is 28.5 Å². The second-order valence-corrected chi connectivity index (χ2v) is 11.9. The average Bonchev–Trinajstić information content (AvgIpc) is 2.98. The number of ether oxygens (including phenoxy) is 1. The second kappa shape index (κ2) is 14.7. The van der Waals surface area contributed by atoms with Crippen LogP contribution < -0.4 is 14.4 Å². The van der Waals surface area contributed by atoms with Gasteiger partial charge in [0.1, 0.15) is 18.3 Å². The molecule has 0 aliphatic carbocycles. The van der Waals surface area contributed by atoms with Gasteiger partial charge in [0.25, 0.3) is 10.0 Å². The van der Waals surface area contributed by atoms with Crippen LogP contribution in [0.2, 0.25) is 0 Å². The van der Waals surface area contributed by atoms with Crippen LogP contribution in [-0.4, -0.2) is 57.4 Å². The van der Waals surface area contributed by atoms with Crippen LogP contribution in [0.1, 0.15) is 44.7 Å². The Morgan fingerprint density at radius 3 is 2.10 bits per heavy atom. The Morgan fingerprint density at radius 1 is 0.902 bits per heavy atom.